The minimum absolute atomic E-state index is 0.0463. The maximum Gasteiger partial charge on any atom is 0.418 e. The smallest absolute Gasteiger partial charge is 0.418 e. The second kappa shape index (κ2) is 10.9. The minimum atomic E-state index is -5.15. The van der Waals surface area contributed by atoms with Gasteiger partial charge in [0.2, 0.25) is 5.88 Å². The average Bonchev–Trinajstić information content (AvgIpc) is 3.21. The van der Waals surface area contributed by atoms with Crippen LogP contribution in [0.1, 0.15) is 50.2 Å². The van der Waals surface area contributed by atoms with Gasteiger partial charge in [-0.2, -0.15) is 23.1 Å². The van der Waals surface area contributed by atoms with E-state index in [1.807, 2.05) is 4.90 Å². The molecule has 1 unspecified atom stereocenters. The Balaban J connectivity index is 1.37. The van der Waals surface area contributed by atoms with Gasteiger partial charge in [-0.3, -0.25) is 4.90 Å². The summed E-state index contributed by atoms with van der Waals surface area (Å²) in [6.45, 7) is 4.74. The first-order valence-corrected chi connectivity index (χ1v) is 15.5. The zero-order valence-corrected chi connectivity index (χ0v) is 25.6. The van der Waals surface area contributed by atoms with Crippen LogP contribution in [0.3, 0.4) is 0 Å². The normalized spacial score (nSPS) is 27.3. The summed E-state index contributed by atoms with van der Waals surface area (Å²) >= 11 is 0. The third-order valence-corrected chi connectivity index (χ3v) is 9.86. The van der Waals surface area contributed by atoms with Crippen molar-refractivity contribution < 1.29 is 40.2 Å². The van der Waals surface area contributed by atoms with Gasteiger partial charge in [0.1, 0.15) is 34.7 Å². The molecule has 1 saturated carbocycles. The standard InChI is InChI=1S/C30H33F7N8O2/c1-14-4-6-39-7-8-40-24-16-20(43-26(44-24)46-13-28-5-3-9-45(28)12-27(10-28)11-29(27,33)34)19(32)22(42-25(16)47-14)21-17(30(35,36)37)15(2)18(31)23(38)41-21/h14,39H,3-13H2,1-2H3,(H2,38,41)(H,40,43,44)/t14-,27?,28-/m0/s1. The van der Waals surface area contributed by atoms with Gasteiger partial charge in [0, 0.05) is 31.6 Å². The van der Waals surface area contributed by atoms with Crippen LogP contribution < -0.4 is 25.8 Å². The zero-order chi connectivity index (χ0) is 33.5. The molecule has 47 heavy (non-hydrogen) atoms. The molecule has 6 heterocycles. The number of nitrogens with zero attached hydrogens (tertiary/aromatic N) is 5. The SMILES string of the molecule is Cc1c(F)c(N)nc(-c2nc3c4c(nc(OC[C@@]56CCCN5CC5(CC5(F)F)C6)nc4c2F)NCCNCC[C@H](C)O3)c1C(F)(F)F. The van der Waals surface area contributed by atoms with E-state index in [0.29, 0.717) is 39.0 Å². The fourth-order valence-electron chi connectivity index (χ4n) is 7.38. The number of rotatable bonds is 4. The number of anilines is 2. The quantitative estimate of drug-likeness (QED) is 0.324. The summed E-state index contributed by atoms with van der Waals surface area (Å²) in [5.41, 5.74) is -1.00. The summed E-state index contributed by atoms with van der Waals surface area (Å²) in [7, 11) is 0. The summed E-state index contributed by atoms with van der Waals surface area (Å²) in [6, 6.07) is -0.318. The van der Waals surface area contributed by atoms with Crippen LogP contribution in [0.15, 0.2) is 0 Å². The molecule has 3 fully saturated rings. The predicted molar refractivity (Wildman–Crippen MR) is 156 cm³/mol. The highest BCUT2D eigenvalue weighted by Crippen LogP contribution is 2.69. The molecule has 0 aromatic carbocycles. The van der Waals surface area contributed by atoms with Crippen LogP contribution in [0.4, 0.5) is 42.4 Å². The first kappa shape index (κ1) is 31.8. The molecule has 1 spiro atoms. The molecule has 0 bridgehead atoms. The van der Waals surface area contributed by atoms with Crippen molar-refractivity contribution in [3.63, 3.8) is 0 Å². The van der Waals surface area contributed by atoms with E-state index in [1.165, 1.54) is 0 Å². The number of nitrogens with two attached hydrogens (primary N) is 1. The predicted octanol–water partition coefficient (Wildman–Crippen LogP) is 5.09. The number of nitrogens with one attached hydrogen (secondary N) is 2. The molecule has 0 radical (unpaired) electrons. The van der Waals surface area contributed by atoms with E-state index in [9.17, 15) is 26.3 Å². The molecule has 1 aliphatic carbocycles. The highest BCUT2D eigenvalue weighted by atomic mass is 19.4. The fraction of sp³-hybridized carbons (Fsp3) is 0.600. The molecule has 17 heteroatoms. The Hall–Kier alpha value is -3.73. The molecule has 4 aliphatic rings. The van der Waals surface area contributed by atoms with Gasteiger partial charge in [-0.05, 0) is 52.6 Å². The molecular weight excluding hydrogens is 637 g/mol. The first-order valence-electron chi connectivity index (χ1n) is 15.5. The highest BCUT2D eigenvalue weighted by Gasteiger charge is 2.77. The lowest BCUT2D eigenvalue weighted by Crippen LogP contribution is -2.43. The summed E-state index contributed by atoms with van der Waals surface area (Å²) < 4.78 is 115. The number of halogens is 7. The highest BCUT2D eigenvalue weighted by molar-refractivity contribution is 5.96. The number of hydrogen-bond donors (Lipinski definition) is 3. The maximum atomic E-state index is 16.6. The van der Waals surface area contributed by atoms with Crippen LogP contribution in [0, 0.1) is 24.0 Å². The zero-order valence-electron chi connectivity index (χ0n) is 25.6. The molecule has 3 atom stereocenters. The Morgan fingerprint density at radius 1 is 1.04 bits per heavy atom. The second-order valence-corrected chi connectivity index (χ2v) is 13.1. The second-order valence-electron chi connectivity index (χ2n) is 13.1. The molecule has 7 rings (SSSR count). The largest absolute Gasteiger partial charge is 0.474 e. The van der Waals surface area contributed by atoms with Gasteiger partial charge in [-0.15, -0.1) is 0 Å². The van der Waals surface area contributed by atoms with Crippen molar-refractivity contribution in [3.05, 3.63) is 22.8 Å². The molecule has 2 saturated heterocycles. The topological polar surface area (TPSA) is 123 Å². The molecule has 4 N–H and O–H groups in total. The van der Waals surface area contributed by atoms with Crippen molar-refractivity contribution in [2.24, 2.45) is 5.41 Å². The number of alkyl halides is 5. The summed E-state index contributed by atoms with van der Waals surface area (Å²) in [4.78, 5) is 18.5. The number of nitrogen functional groups attached to an aromatic ring is 1. The van der Waals surface area contributed by atoms with Gasteiger partial charge in [0.05, 0.1) is 22.6 Å². The Kier molecular flexibility index (Phi) is 7.39. The lowest BCUT2D eigenvalue weighted by molar-refractivity contribution is -0.137. The molecule has 254 valence electrons. The summed E-state index contributed by atoms with van der Waals surface area (Å²) in [5, 5.41) is 6.25. The maximum absolute atomic E-state index is 16.6. The Morgan fingerprint density at radius 2 is 1.81 bits per heavy atom. The van der Waals surface area contributed by atoms with E-state index in [-0.39, 0.29) is 49.1 Å². The molecule has 10 nitrogen and oxygen atoms in total. The minimum Gasteiger partial charge on any atom is -0.474 e. The van der Waals surface area contributed by atoms with Gasteiger partial charge in [-0.25, -0.2) is 27.5 Å². The number of ether oxygens (including phenoxy) is 2. The van der Waals surface area contributed by atoms with Gasteiger partial charge >= 0.3 is 12.2 Å². The van der Waals surface area contributed by atoms with Crippen molar-refractivity contribution in [2.75, 3.05) is 50.4 Å². The van der Waals surface area contributed by atoms with Crippen molar-refractivity contribution in [1.29, 1.82) is 0 Å². The molecule has 0 amide bonds. The first-order chi connectivity index (χ1) is 22.1. The van der Waals surface area contributed by atoms with Gasteiger partial charge in [0.15, 0.2) is 17.5 Å². The number of pyridine rings is 2. The molecule has 3 aliphatic heterocycles. The van der Waals surface area contributed by atoms with Gasteiger partial charge < -0.3 is 25.8 Å². The lowest BCUT2D eigenvalue weighted by Gasteiger charge is -2.31. The third-order valence-electron chi connectivity index (χ3n) is 9.86. The van der Waals surface area contributed by atoms with Crippen LogP contribution in [0.25, 0.3) is 22.3 Å². The summed E-state index contributed by atoms with van der Waals surface area (Å²) in [6.07, 6.45) is -3.76. The van der Waals surface area contributed by atoms with Gasteiger partial charge in [0.25, 0.3) is 5.92 Å². The van der Waals surface area contributed by atoms with E-state index in [1.54, 1.807) is 6.92 Å². The molecule has 3 aromatic heterocycles. The lowest BCUT2D eigenvalue weighted by atomic mass is 9.89. The Labute approximate surface area is 264 Å². The monoisotopic (exact) mass is 670 g/mol. The molecule has 3 aromatic rings. The van der Waals surface area contributed by atoms with Crippen molar-refractivity contribution in [2.45, 2.75) is 69.7 Å². The van der Waals surface area contributed by atoms with E-state index in [2.05, 4.69) is 30.6 Å². The van der Waals surface area contributed by atoms with Crippen LogP contribution in [0.5, 0.6) is 11.9 Å². The number of fused-ring (bicyclic) bond motifs is 1. The van der Waals surface area contributed by atoms with E-state index in [0.717, 1.165) is 13.3 Å². The summed E-state index contributed by atoms with van der Waals surface area (Å²) in [5.74, 6) is -6.55. The van der Waals surface area contributed by atoms with Gasteiger partial charge in [-0.1, -0.05) is 0 Å². The molecular formula is C30H33F7N8O2. The number of aromatic nitrogens is 4. The third kappa shape index (κ3) is 5.25. The number of hydrogen-bond acceptors (Lipinski definition) is 10. The van der Waals surface area contributed by atoms with Crippen molar-refractivity contribution in [3.8, 4) is 23.3 Å². The Bertz CT molecular complexity index is 1760. The van der Waals surface area contributed by atoms with E-state index >= 15 is 4.39 Å². The Morgan fingerprint density at radius 3 is 2.53 bits per heavy atom. The van der Waals surface area contributed by atoms with Crippen molar-refractivity contribution >= 4 is 22.5 Å². The average molecular weight is 671 g/mol. The van der Waals surface area contributed by atoms with Crippen LogP contribution in [-0.4, -0.2) is 81.7 Å². The van der Waals surface area contributed by atoms with Crippen LogP contribution >= 0.6 is 0 Å². The van der Waals surface area contributed by atoms with E-state index < -0.39 is 74.6 Å². The van der Waals surface area contributed by atoms with E-state index in [4.69, 9.17) is 15.2 Å². The fourth-order valence-corrected chi connectivity index (χ4v) is 7.38. The van der Waals surface area contributed by atoms with Crippen LogP contribution in [0.2, 0.25) is 0 Å². The van der Waals surface area contributed by atoms with Crippen LogP contribution in [-0.2, 0) is 6.18 Å². The van der Waals surface area contributed by atoms with Crippen molar-refractivity contribution in [1.82, 2.24) is 30.2 Å².